The lowest BCUT2D eigenvalue weighted by Crippen LogP contribution is -2.25. The number of ether oxygens (including phenoxy) is 1. The Kier molecular flexibility index (Phi) is 7.86. The summed E-state index contributed by atoms with van der Waals surface area (Å²) in [5.74, 6) is 0.456. The zero-order valence-corrected chi connectivity index (χ0v) is 18.9. The van der Waals surface area contributed by atoms with Crippen molar-refractivity contribution in [3.8, 4) is 0 Å². The first-order valence-corrected chi connectivity index (χ1v) is 12.5. The van der Waals surface area contributed by atoms with Crippen LogP contribution in [-0.4, -0.2) is 28.6 Å². The number of nitrogens with one attached hydrogen (secondary N) is 1. The summed E-state index contributed by atoms with van der Waals surface area (Å²) in [7, 11) is -0.930. The monoisotopic (exact) mass is 447 g/mol. The van der Waals surface area contributed by atoms with Gasteiger partial charge in [-0.25, -0.2) is 0 Å². The molecule has 1 aliphatic rings. The van der Waals surface area contributed by atoms with Crippen LogP contribution in [0.25, 0.3) is 0 Å². The van der Waals surface area contributed by atoms with Gasteiger partial charge in [-0.15, -0.1) is 0 Å². The van der Waals surface area contributed by atoms with Gasteiger partial charge in [-0.05, 0) is 41.7 Å². The van der Waals surface area contributed by atoms with Gasteiger partial charge < -0.3 is 10.1 Å². The molecule has 1 unspecified atom stereocenters. The smallest absolute Gasteiger partial charge is 0.225 e. The highest BCUT2D eigenvalue weighted by Crippen LogP contribution is 2.28. The molecule has 0 bridgehead atoms. The summed E-state index contributed by atoms with van der Waals surface area (Å²) >= 11 is 0. The maximum absolute atomic E-state index is 13.0. The molecule has 3 aromatic rings. The van der Waals surface area contributed by atoms with Gasteiger partial charge in [-0.1, -0.05) is 72.8 Å². The molecule has 0 aromatic heterocycles. The van der Waals surface area contributed by atoms with Crippen molar-refractivity contribution >= 4 is 22.4 Å². The van der Waals surface area contributed by atoms with Gasteiger partial charge in [-0.3, -0.25) is 9.00 Å². The zero-order valence-electron chi connectivity index (χ0n) is 18.1. The average Bonchev–Trinajstić information content (AvgIpc) is 2.84. The van der Waals surface area contributed by atoms with Crippen LogP contribution in [0.1, 0.15) is 41.9 Å². The van der Waals surface area contributed by atoms with E-state index in [1.165, 1.54) is 0 Å². The standard InChI is InChI=1S/C27H29NO3S/c29-27(19-26(22-9-3-1-4-10-22)23-11-5-2-6-12-23)28-24-13-7-8-21(18-24)20-32(30)25-14-16-31-17-15-25/h1-13,18,25-26H,14-17,19-20H2,(H,28,29). The molecule has 32 heavy (non-hydrogen) atoms. The van der Waals surface area contributed by atoms with E-state index in [0.29, 0.717) is 25.4 Å². The number of hydrogen-bond acceptors (Lipinski definition) is 3. The SMILES string of the molecule is O=C(CC(c1ccccc1)c1ccccc1)Nc1cccc(CS(=O)C2CCOCC2)c1. The molecule has 5 heteroatoms. The van der Waals surface area contributed by atoms with Gasteiger partial charge in [-0.2, -0.15) is 0 Å². The van der Waals surface area contributed by atoms with E-state index < -0.39 is 10.8 Å². The summed E-state index contributed by atoms with van der Waals surface area (Å²) < 4.78 is 18.1. The molecule has 1 fully saturated rings. The highest BCUT2D eigenvalue weighted by Gasteiger charge is 2.21. The molecule has 4 rings (SSSR count). The van der Waals surface area contributed by atoms with Crippen LogP contribution in [0.5, 0.6) is 0 Å². The Bertz CT molecular complexity index is 994. The lowest BCUT2D eigenvalue weighted by atomic mass is 9.88. The number of benzene rings is 3. The molecule has 1 aliphatic heterocycles. The first-order valence-electron chi connectivity index (χ1n) is 11.1. The summed E-state index contributed by atoms with van der Waals surface area (Å²) in [6.07, 6.45) is 2.05. The number of amides is 1. The first kappa shape index (κ1) is 22.4. The molecule has 0 spiro atoms. The van der Waals surface area contributed by atoms with Crippen molar-refractivity contribution < 1.29 is 13.7 Å². The molecule has 1 N–H and O–H groups in total. The van der Waals surface area contributed by atoms with E-state index in [0.717, 1.165) is 35.2 Å². The number of carbonyl (C=O) groups excluding carboxylic acids is 1. The molecule has 1 amide bonds. The van der Waals surface area contributed by atoms with Crippen molar-refractivity contribution in [3.05, 3.63) is 102 Å². The third-order valence-corrected chi connectivity index (χ3v) is 7.69. The lowest BCUT2D eigenvalue weighted by Gasteiger charge is -2.21. The largest absolute Gasteiger partial charge is 0.381 e. The van der Waals surface area contributed by atoms with Crippen molar-refractivity contribution in [1.29, 1.82) is 0 Å². The number of rotatable bonds is 8. The molecule has 4 nitrogen and oxygen atoms in total. The molecule has 1 saturated heterocycles. The van der Waals surface area contributed by atoms with Crippen molar-refractivity contribution in [2.75, 3.05) is 18.5 Å². The quantitative estimate of drug-likeness (QED) is 0.511. The Labute approximate surface area is 192 Å². The van der Waals surface area contributed by atoms with Crippen LogP contribution < -0.4 is 5.32 Å². The fraction of sp³-hybridized carbons (Fsp3) is 0.296. The summed E-state index contributed by atoms with van der Waals surface area (Å²) in [5.41, 5.74) is 3.97. The van der Waals surface area contributed by atoms with Gasteiger partial charge in [0, 0.05) is 53.0 Å². The van der Waals surface area contributed by atoms with Crippen LogP contribution in [0.2, 0.25) is 0 Å². The minimum atomic E-state index is -0.930. The molecule has 1 atom stereocenters. The van der Waals surface area contributed by atoms with Gasteiger partial charge in [0.15, 0.2) is 0 Å². The minimum absolute atomic E-state index is 0.0124. The predicted molar refractivity (Wildman–Crippen MR) is 130 cm³/mol. The Morgan fingerprint density at radius 3 is 2.16 bits per heavy atom. The van der Waals surface area contributed by atoms with E-state index in [2.05, 4.69) is 29.6 Å². The van der Waals surface area contributed by atoms with Crippen LogP contribution in [-0.2, 0) is 26.1 Å². The summed E-state index contributed by atoms with van der Waals surface area (Å²) in [6, 6.07) is 28.0. The summed E-state index contributed by atoms with van der Waals surface area (Å²) in [4.78, 5) is 13.0. The Morgan fingerprint density at radius 1 is 0.906 bits per heavy atom. The van der Waals surface area contributed by atoms with Gasteiger partial charge in [0.05, 0.1) is 0 Å². The van der Waals surface area contributed by atoms with Crippen molar-refractivity contribution in [1.82, 2.24) is 0 Å². The number of hydrogen-bond donors (Lipinski definition) is 1. The van der Waals surface area contributed by atoms with Crippen LogP contribution in [0.4, 0.5) is 5.69 Å². The van der Waals surface area contributed by atoms with E-state index in [4.69, 9.17) is 4.74 Å². The Hall–Kier alpha value is -2.76. The number of carbonyl (C=O) groups is 1. The Morgan fingerprint density at radius 2 is 1.53 bits per heavy atom. The molecular formula is C27H29NO3S. The van der Waals surface area contributed by atoms with E-state index in [1.807, 2.05) is 60.7 Å². The van der Waals surface area contributed by atoms with Crippen LogP contribution in [0.15, 0.2) is 84.9 Å². The molecule has 166 valence electrons. The van der Waals surface area contributed by atoms with Gasteiger partial charge in [0.2, 0.25) is 5.91 Å². The molecule has 0 radical (unpaired) electrons. The molecule has 0 saturated carbocycles. The second-order valence-electron chi connectivity index (χ2n) is 8.16. The van der Waals surface area contributed by atoms with Gasteiger partial charge in [0.25, 0.3) is 0 Å². The average molecular weight is 448 g/mol. The topological polar surface area (TPSA) is 55.4 Å². The third kappa shape index (κ3) is 6.15. The van der Waals surface area contributed by atoms with E-state index in [-0.39, 0.29) is 17.1 Å². The van der Waals surface area contributed by atoms with Crippen molar-refractivity contribution in [2.24, 2.45) is 0 Å². The maximum atomic E-state index is 13.0. The van der Waals surface area contributed by atoms with Crippen molar-refractivity contribution in [2.45, 2.75) is 36.2 Å². The zero-order chi connectivity index (χ0) is 22.2. The summed E-state index contributed by atoms with van der Waals surface area (Å²) in [6.45, 7) is 1.38. The fourth-order valence-corrected chi connectivity index (χ4v) is 5.62. The highest BCUT2D eigenvalue weighted by molar-refractivity contribution is 7.84. The lowest BCUT2D eigenvalue weighted by molar-refractivity contribution is -0.116. The third-order valence-electron chi connectivity index (χ3n) is 5.85. The maximum Gasteiger partial charge on any atom is 0.225 e. The van der Waals surface area contributed by atoms with E-state index in [9.17, 15) is 9.00 Å². The minimum Gasteiger partial charge on any atom is -0.381 e. The first-order chi connectivity index (χ1) is 15.7. The van der Waals surface area contributed by atoms with Crippen LogP contribution in [0.3, 0.4) is 0 Å². The molecule has 3 aromatic carbocycles. The summed E-state index contributed by atoms with van der Waals surface area (Å²) in [5, 5.41) is 3.24. The van der Waals surface area contributed by atoms with Gasteiger partial charge in [0.1, 0.15) is 0 Å². The molecule has 1 heterocycles. The highest BCUT2D eigenvalue weighted by atomic mass is 32.2. The van der Waals surface area contributed by atoms with Crippen LogP contribution >= 0.6 is 0 Å². The molecular weight excluding hydrogens is 418 g/mol. The second kappa shape index (κ2) is 11.2. The second-order valence-corrected chi connectivity index (χ2v) is 9.88. The molecule has 0 aliphatic carbocycles. The fourth-order valence-electron chi connectivity index (χ4n) is 4.16. The van der Waals surface area contributed by atoms with Crippen molar-refractivity contribution in [3.63, 3.8) is 0 Å². The van der Waals surface area contributed by atoms with E-state index in [1.54, 1.807) is 0 Å². The van der Waals surface area contributed by atoms with E-state index >= 15 is 0 Å². The number of anilines is 1. The van der Waals surface area contributed by atoms with Gasteiger partial charge >= 0.3 is 0 Å². The predicted octanol–water partition coefficient (Wildman–Crippen LogP) is 5.28. The Balaban J connectivity index is 1.42. The van der Waals surface area contributed by atoms with Crippen LogP contribution in [0, 0.1) is 0 Å². The normalized spacial score (nSPS) is 15.4.